The molecule has 4 bridgehead atoms. The van der Waals surface area contributed by atoms with Crippen LogP contribution in [0.4, 0.5) is 0 Å². The standard InChI is InChI=1S/C22H26ClN3O4/c1-21(2,29-16-5-3-15(23)4-6-16)19(27)24-17-13-7-12-8-14(17)11-22(9-12,10-13)18-25-20(28)30-26-18/h3-6,12-14,17H,7-11H2,1-2H3,(H,24,27)(H,25,26,28)/t12?,13-,14?,17?,22?/m0/s1. The molecule has 1 aromatic carbocycles. The van der Waals surface area contributed by atoms with E-state index in [0.717, 1.165) is 32.1 Å². The van der Waals surface area contributed by atoms with E-state index in [1.54, 1.807) is 38.1 Å². The van der Waals surface area contributed by atoms with Gasteiger partial charge in [-0.1, -0.05) is 16.8 Å². The minimum absolute atomic E-state index is 0.112. The first kappa shape index (κ1) is 19.7. The van der Waals surface area contributed by atoms with Crippen LogP contribution in [0.25, 0.3) is 0 Å². The zero-order valence-electron chi connectivity index (χ0n) is 17.1. The fourth-order valence-electron chi connectivity index (χ4n) is 6.18. The summed E-state index contributed by atoms with van der Waals surface area (Å²) in [5.74, 6) is 2.03. The third kappa shape index (κ3) is 3.33. The number of H-pyrrole nitrogens is 1. The van der Waals surface area contributed by atoms with Gasteiger partial charge in [0.25, 0.3) is 5.91 Å². The molecule has 4 aliphatic carbocycles. The first-order chi connectivity index (χ1) is 14.2. The van der Waals surface area contributed by atoms with Crippen LogP contribution in [0.1, 0.15) is 51.8 Å². The maximum atomic E-state index is 13.1. The maximum Gasteiger partial charge on any atom is 0.438 e. The molecule has 1 heterocycles. The highest BCUT2D eigenvalue weighted by Crippen LogP contribution is 2.60. The molecule has 0 aliphatic heterocycles. The Kier molecular flexibility index (Phi) is 4.51. The lowest BCUT2D eigenvalue weighted by molar-refractivity contribution is -0.138. The second-order valence-electron chi connectivity index (χ2n) is 9.76. The summed E-state index contributed by atoms with van der Waals surface area (Å²) in [6, 6.07) is 7.15. The number of halogens is 1. The van der Waals surface area contributed by atoms with Gasteiger partial charge in [-0.3, -0.25) is 14.3 Å². The number of aromatic amines is 1. The van der Waals surface area contributed by atoms with Crippen molar-refractivity contribution in [3.05, 3.63) is 45.7 Å². The van der Waals surface area contributed by atoms with E-state index in [4.69, 9.17) is 20.9 Å². The van der Waals surface area contributed by atoms with Crippen molar-refractivity contribution in [3.63, 3.8) is 0 Å². The van der Waals surface area contributed by atoms with Crippen LogP contribution in [0.2, 0.25) is 5.02 Å². The van der Waals surface area contributed by atoms with Crippen LogP contribution in [0.5, 0.6) is 5.75 Å². The van der Waals surface area contributed by atoms with Crippen molar-refractivity contribution in [1.29, 1.82) is 0 Å². The Balaban J connectivity index is 1.31. The highest BCUT2D eigenvalue weighted by atomic mass is 35.5. The van der Waals surface area contributed by atoms with Crippen LogP contribution in [0.15, 0.2) is 33.6 Å². The number of carbonyl (C=O) groups excluding carboxylic acids is 1. The highest BCUT2D eigenvalue weighted by Gasteiger charge is 2.58. The Hall–Kier alpha value is -2.28. The highest BCUT2D eigenvalue weighted by molar-refractivity contribution is 6.30. The molecule has 0 radical (unpaired) electrons. The molecule has 1 aromatic heterocycles. The molecule has 8 heteroatoms. The lowest BCUT2D eigenvalue weighted by Crippen LogP contribution is -2.63. The summed E-state index contributed by atoms with van der Waals surface area (Å²) in [7, 11) is 0. The summed E-state index contributed by atoms with van der Waals surface area (Å²) >= 11 is 5.94. The number of amides is 1. The summed E-state index contributed by atoms with van der Waals surface area (Å²) in [6.07, 6.45) is 5.06. The number of benzene rings is 1. The largest absolute Gasteiger partial charge is 0.478 e. The van der Waals surface area contributed by atoms with E-state index in [2.05, 4.69) is 15.5 Å². The summed E-state index contributed by atoms with van der Waals surface area (Å²) < 4.78 is 10.8. The van der Waals surface area contributed by atoms with Crippen molar-refractivity contribution in [2.24, 2.45) is 17.8 Å². The van der Waals surface area contributed by atoms with Gasteiger partial charge in [-0.15, -0.1) is 0 Å². The summed E-state index contributed by atoms with van der Waals surface area (Å²) in [6.45, 7) is 3.57. The Bertz CT molecular complexity index is 996. The topological polar surface area (TPSA) is 97.2 Å². The predicted octanol–water partition coefficient (Wildman–Crippen LogP) is 3.44. The van der Waals surface area contributed by atoms with Crippen LogP contribution < -0.4 is 15.8 Å². The lowest BCUT2D eigenvalue weighted by atomic mass is 9.47. The zero-order valence-corrected chi connectivity index (χ0v) is 17.9. The molecule has 4 unspecified atom stereocenters. The van der Waals surface area contributed by atoms with Crippen LogP contribution in [-0.2, 0) is 10.2 Å². The fourth-order valence-corrected chi connectivity index (χ4v) is 6.30. The number of hydrogen-bond donors (Lipinski definition) is 2. The molecule has 7 nitrogen and oxygen atoms in total. The number of rotatable bonds is 5. The monoisotopic (exact) mass is 431 g/mol. The first-order valence-corrected chi connectivity index (χ1v) is 10.9. The van der Waals surface area contributed by atoms with E-state index < -0.39 is 11.4 Å². The van der Waals surface area contributed by atoms with Crippen molar-refractivity contribution in [1.82, 2.24) is 15.5 Å². The molecule has 1 amide bonds. The maximum absolute atomic E-state index is 13.1. The predicted molar refractivity (Wildman–Crippen MR) is 110 cm³/mol. The minimum Gasteiger partial charge on any atom is -0.478 e. The quantitative estimate of drug-likeness (QED) is 0.755. The molecular weight excluding hydrogens is 406 g/mol. The van der Waals surface area contributed by atoms with Crippen LogP contribution >= 0.6 is 11.6 Å². The lowest BCUT2D eigenvalue weighted by Gasteiger charge is -2.59. The van der Waals surface area contributed by atoms with Crippen molar-refractivity contribution in [3.8, 4) is 5.75 Å². The normalized spacial score (nSPS) is 32.2. The number of nitrogens with one attached hydrogen (secondary N) is 2. The number of hydrogen-bond acceptors (Lipinski definition) is 5. The number of carbonyl (C=O) groups is 1. The van der Waals surface area contributed by atoms with Gasteiger partial charge >= 0.3 is 5.76 Å². The van der Waals surface area contributed by atoms with Gasteiger partial charge in [-0.05, 0) is 88.0 Å². The van der Waals surface area contributed by atoms with Crippen LogP contribution in [0, 0.1) is 17.8 Å². The van der Waals surface area contributed by atoms with E-state index in [1.807, 2.05) is 0 Å². The third-order valence-corrected chi connectivity index (χ3v) is 7.50. The SMILES string of the molecule is CC(C)(Oc1ccc(Cl)cc1)C(=O)NC1C2CC3C[C@H]1CC(c1noc(=O)[nH]1)(C3)C2. The number of ether oxygens (including phenoxy) is 1. The van der Waals surface area contributed by atoms with Gasteiger partial charge in [0.05, 0.1) is 0 Å². The Morgan fingerprint density at radius 1 is 1.23 bits per heavy atom. The van der Waals surface area contributed by atoms with Gasteiger partial charge in [0.15, 0.2) is 11.4 Å². The Morgan fingerprint density at radius 2 is 1.90 bits per heavy atom. The molecule has 2 N–H and O–H groups in total. The van der Waals surface area contributed by atoms with Crippen LogP contribution in [-0.4, -0.2) is 27.7 Å². The summed E-state index contributed by atoms with van der Waals surface area (Å²) in [5.41, 5.74) is -1.13. The molecular formula is C22H26ClN3O4. The van der Waals surface area contributed by atoms with Gasteiger partial charge in [-0.25, -0.2) is 4.79 Å². The molecule has 0 spiro atoms. The second-order valence-corrected chi connectivity index (χ2v) is 10.2. The van der Waals surface area contributed by atoms with Gasteiger partial charge in [0.1, 0.15) is 5.75 Å². The zero-order chi connectivity index (χ0) is 21.1. The average Bonchev–Trinajstić information content (AvgIpc) is 3.13. The molecule has 6 rings (SSSR count). The molecule has 5 atom stereocenters. The Labute approximate surface area is 179 Å². The smallest absolute Gasteiger partial charge is 0.438 e. The molecule has 30 heavy (non-hydrogen) atoms. The van der Waals surface area contributed by atoms with Crippen molar-refractivity contribution >= 4 is 17.5 Å². The van der Waals surface area contributed by atoms with E-state index in [0.29, 0.717) is 34.4 Å². The second kappa shape index (κ2) is 6.87. The van der Waals surface area contributed by atoms with Crippen molar-refractivity contribution in [2.45, 2.75) is 63.0 Å². The average molecular weight is 432 g/mol. The van der Waals surface area contributed by atoms with E-state index in [1.165, 1.54) is 0 Å². The van der Waals surface area contributed by atoms with Gasteiger partial charge < -0.3 is 10.1 Å². The number of aromatic nitrogens is 2. The molecule has 4 aliphatic rings. The Morgan fingerprint density at radius 3 is 2.50 bits per heavy atom. The summed E-state index contributed by atoms with van der Waals surface area (Å²) in [5, 5.41) is 7.95. The fraction of sp³-hybridized carbons (Fsp3) is 0.591. The molecule has 4 saturated carbocycles. The molecule has 160 valence electrons. The van der Waals surface area contributed by atoms with Gasteiger partial charge in [0.2, 0.25) is 0 Å². The van der Waals surface area contributed by atoms with Crippen molar-refractivity contribution in [2.75, 3.05) is 0 Å². The van der Waals surface area contributed by atoms with Crippen LogP contribution in [0.3, 0.4) is 0 Å². The van der Waals surface area contributed by atoms with E-state index >= 15 is 0 Å². The molecule has 2 aromatic rings. The van der Waals surface area contributed by atoms with Gasteiger partial charge in [0, 0.05) is 16.5 Å². The van der Waals surface area contributed by atoms with E-state index in [-0.39, 0.29) is 17.4 Å². The number of nitrogens with zero attached hydrogens (tertiary/aromatic N) is 1. The molecule has 0 saturated heterocycles. The van der Waals surface area contributed by atoms with Gasteiger partial charge in [-0.2, -0.15) is 0 Å². The summed E-state index contributed by atoms with van der Waals surface area (Å²) in [4.78, 5) is 27.4. The first-order valence-electron chi connectivity index (χ1n) is 10.6. The van der Waals surface area contributed by atoms with E-state index in [9.17, 15) is 9.59 Å². The third-order valence-electron chi connectivity index (χ3n) is 7.25. The molecule has 4 fully saturated rings. The van der Waals surface area contributed by atoms with Crippen molar-refractivity contribution < 1.29 is 14.1 Å². The minimum atomic E-state index is -1.00.